The van der Waals surface area contributed by atoms with Gasteiger partial charge in [0.1, 0.15) is 12.4 Å². The van der Waals surface area contributed by atoms with Gasteiger partial charge in [-0.05, 0) is 51.9 Å². The second kappa shape index (κ2) is 23.7. The number of guanidine groups is 1. The summed E-state index contributed by atoms with van der Waals surface area (Å²) in [5.41, 5.74) is 11.7. The zero-order valence-electron chi connectivity index (χ0n) is 32.1. The molecule has 0 saturated heterocycles. The topological polar surface area (TPSA) is 227 Å². The molecule has 0 radical (unpaired) electrons. The summed E-state index contributed by atoms with van der Waals surface area (Å²) in [6, 6.07) is 25.2. The van der Waals surface area contributed by atoms with E-state index in [0.717, 1.165) is 28.4 Å². The number of benzene rings is 4. The van der Waals surface area contributed by atoms with Gasteiger partial charge in [-0.1, -0.05) is 65.8 Å². The van der Waals surface area contributed by atoms with Crippen LogP contribution in [0.3, 0.4) is 0 Å². The highest BCUT2D eigenvalue weighted by molar-refractivity contribution is 6.01. The number of aliphatic imine (C=N–C) groups is 1. The number of carbonyl (C=O) groups is 3. The Hall–Kier alpha value is -6.23. The number of fused-ring (bicyclic) bond motifs is 1. The van der Waals surface area contributed by atoms with Gasteiger partial charge < -0.3 is 50.1 Å². The predicted octanol–water partition coefficient (Wildman–Crippen LogP) is 4.70. The van der Waals surface area contributed by atoms with Crippen molar-refractivity contribution in [2.24, 2.45) is 10.1 Å². The van der Waals surface area contributed by atoms with E-state index in [1.807, 2.05) is 48.5 Å². The van der Waals surface area contributed by atoms with Crippen molar-refractivity contribution in [1.82, 2.24) is 16.0 Å². The standard InChI is InChI=1S/C41H48N8O9/c42-49-46-16-17-54-18-19-55-20-21-56-22-23-57-24-25-58-37-13-12-33(34-6-1-2-7-35(34)37)29-8-10-30(11-9-29)36(27-39(51)52)48-38(50)28-45-40(53)31-4-3-5-32(26-31)47-41-43-14-15-44-41/h1-13,26,36H,14-25,27-28H2,(H,45,53)(H,48,50)(H,51,52)(H2,43,44,47)/t36-/m0/s1. The molecular formula is C41H48N8O9. The molecular weight excluding hydrogens is 748 g/mol. The minimum absolute atomic E-state index is 0.300. The Morgan fingerprint density at radius 3 is 2.19 bits per heavy atom. The van der Waals surface area contributed by atoms with Gasteiger partial charge in [0.2, 0.25) is 5.91 Å². The number of amides is 2. The number of carboxylic acids is 1. The van der Waals surface area contributed by atoms with Gasteiger partial charge in [-0.3, -0.25) is 19.4 Å². The lowest BCUT2D eigenvalue weighted by Crippen LogP contribution is -2.39. The van der Waals surface area contributed by atoms with Crippen molar-refractivity contribution in [3.63, 3.8) is 0 Å². The van der Waals surface area contributed by atoms with Gasteiger partial charge in [0.25, 0.3) is 5.91 Å². The van der Waals surface area contributed by atoms with Crippen molar-refractivity contribution in [1.29, 1.82) is 0 Å². The average molecular weight is 797 g/mol. The minimum atomic E-state index is -1.08. The molecule has 1 aliphatic heterocycles. The lowest BCUT2D eigenvalue weighted by atomic mass is 9.95. The van der Waals surface area contributed by atoms with E-state index in [-0.39, 0.29) is 13.0 Å². The molecule has 0 spiro atoms. The van der Waals surface area contributed by atoms with Crippen LogP contribution in [-0.4, -0.2) is 114 Å². The maximum Gasteiger partial charge on any atom is 0.305 e. The molecule has 0 fully saturated rings. The molecule has 17 heteroatoms. The third-order valence-electron chi connectivity index (χ3n) is 8.69. The number of azide groups is 1. The van der Waals surface area contributed by atoms with Gasteiger partial charge in [-0.25, -0.2) is 0 Å². The zero-order valence-corrected chi connectivity index (χ0v) is 32.1. The molecule has 4 aromatic carbocycles. The number of carboxylic acid groups (broad SMARTS) is 1. The van der Waals surface area contributed by atoms with Crippen molar-refractivity contribution < 1.29 is 43.2 Å². The van der Waals surface area contributed by atoms with Crippen LogP contribution in [0.5, 0.6) is 5.75 Å². The monoisotopic (exact) mass is 796 g/mol. The van der Waals surface area contributed by atoms with E-state index in [1.165, 1.54) is 0 Å². The first-order chi connectivity index (χ1) is 28.4. The summed E-state index contributed by atoms with van der Waals surface area (Å²) in [6.07, 6.45) is -0.342. The quantitative estimate of drug-likeness (QED) is 0.0267. The van der Waals surface area contributed by atoms with Gasteiger partial charge in [0, 0.05) is 34.6 Å². The largest absolute Gasteiger partial charge is 0.491 e. The minimum Gasteiger partial charge on any atom is -0.491 e. The lowest BCUT2D eigenvalue weighted by Gasteiger charge is -2.19. The normalized spacial score (nSPS) is 12.5. The summed E-state index contributed by atoms with van der Waals surface area (Å²) >= 11 is 0. The van der Waals surface area contributed by atoms with Crippen molar-refractivity contribution >= 4 is 40.2 Å². The maximum atomic E-state index is 12.9. The maximum absolute atomic E-state index is 12.9. The number of aliphatic carboxylic acids is 1. The summed E-state index contributed by atoms with van der Waals surface area (Å²) in [5, 5.41) is 26.5. The van der Waals surface area contributed by atoms with Crippen LogP contribution in [-0.2, 0) is 28.5 Å². The zero-order chi connectivity index (χ0) is 40.8. The highest BCUT2D eigenvalue weighted by atomic mass is 16.6. The second-order valence-electron chi connectivity index (χ2n) is 12.8. The molecule has 0 saturated carbocycles. The SMILES string of the molecule is [N-]=[N+]=NCCOCCOCCOCCOCCOc1ccc(-c2ccc([C@H](CC(=O)O)NC(=O)CNC(=O)c3cccc(NC4=NCCN4)c3)cc2)c2ccccc12. The van der Waals surface area contributed by atoms with Crippen molar-refractivity contribution in [3.05, 3.63) is 106 Å². The molecule has 0 unspecified atom stereocenters. The van der Waals surface area contributed by atoms with Crippen LogP contribution in [0.15, 0.2) is 95.0 Å². The molecule has 0 aromatic heterocycles. The van der Waals surface area contributed by atoms with E-state index in [1.54, 1.807) is 36.4 Å². The molecule has 1 aliphatic rings. The number of carbonyl (C=O) groups excluding carboxylic acids is 2. The first-order valence-corrected chi connectivity index (χ1v) is 18.9. The molecule has 0 aliphatic carbocycles. The number of hydrogen-bond donors (Lipinski definition) is 5. The number of rotatable bonds is 25. The Morgan fingerprint density at radius 2 is 1.52 bits per heavy atom. The van der Waals surface area contributed by atoms with E-state index >= 15 is 0 Å². The smallest absolute Gasteiger partial charge is 0.305 e. The van der Waals surface area contributed by atoms with Gasteiger partial charge in [-0.15, -0.1) is 0 Å². The van der Waals surface area contributed by atoms with Crippen LogP contribution in [0.1, 0.15) is 28.4 Å². The van der Waals surface area contributed by atoms with E-state index in [0.29, 0.717) is 101 Å². The highest BCUT2D eigenvalue weighted by Crippen LogP contribution is 2.35. The van der Waals surface area contributed by atoms with E-state index in [9.17, 15) is 19.5 Å². The molecule has 17 nitrogen and oxygen atoms in total. The summed E-state index contributed by atoms with van der Waals surface area (Å²) in [4.78, 5) is 44.5. The summed E-state index contributed by atoms with van der Waals surface area (Å²) in [6.45, 7) is 5.04. The Balaban J connectivity index is 1.07. The van der Waals surface area contributed by atoms with Crippen molar-refractivity contribution in [2.45, 2.75) is 12.5 Å². The van der Waals surface area contributed by atoms with Crippen LogP contribution >= 0.6 is 0 Å². The Bertz CT molecular complexity index is 2040. The fourth-order valence-electron chi connectivity index (χ4n) is 5.96. The number of nitrogens with zero attached hydrogens (tertiary/aromatic N) is 4. The van der Waals surface area contributed by atoms with Gasteiger partial charge in [0.15, 0.2) is 5.96 Å². The highest BCUT2D eigenvalue weighted by Gasteiger charge is 2.20. The predicted molar refractivity (Wildman–Crippen MR) is 218 cm³/mol. The first kappa shape index (κ1) is 42.9. The van der Waals surface area contributed by atoms with Crippen LogP contribution in [0, 0.1) is 0 Å². The van der Waals surface area contributed by atoms with E-state index < -0.39 is 23.8 Å². The van der Waals surface area contributed by atoms with Crippen LogP contribution in [0.2, 0.25) is 0 Å². The molecule has 2 amide bonds. The van der Waals surface area contributed by atoms with Gasteiger partial charge in [0.05, 0.1) is 78.4 Å². The van der Waals surface area contributed by atoms with Crippen LogP contribution in [0.25, 0.3) is 32.3 Å². The third-order valence-corrected chi connectivity index (χ3v) is 8.69. The second-order valence-corrected chi connectivity index (χ2v) is 12.8. The number of nitrogens with one attached hydrogen (secondary N) is 4. The Labute approximate surface area is 335 Å². The molecule has 306 valence electrons. The average Bonchev–Trinajstić information content (AvgIpc) is 3.75. The summed E-state index contributed by atoms with van der Waals surface area (Å²) in [5.74, 6) is -0.707. The van der Waals surface area contributed by atoms with Crippen LogP contribution < -0.4 is 26.0 Å². The van der Waals surface area contributed by atoms with Crippen LogP contribution in [0.4, 0.5) is 5.69 Å². The lowest BCUT2D eigenvalue weighted by molar-refractivity contribution is -0.137. The molecule has 1 atom stereocenters. The fourth-order valence-corrected chi connectivity index (χ4v) is 5.96. The number of ether oxygens (including phenoxy) is 5. The summed E-state index contributed by atoms with van der Waals surface area (Å²) < 4.78 is 28.0. The molecule has 58 heavy (non-hydrogen) atoms. The van der Waals surface area contributed by atoms with Crippen molar-refractivity contribution in [3.8, 4) is 16.9 Å². The summed E-state index contributed by atoms with van der Waals surface area (Å²) in [7, 11) is 0. The fraction of sp³-hybridized carbons (Fsp3) is 0.366. The molecule has 5 N–H and O–H groups in total. The van der Waals surface area contributed by atoms with Crippen molar-refractivity contribution in [2.75, 3.05) is 91.0 Å². The molecule has 5 rings (SSSR count). The first-order valence-electron chi connectivity index (χ1n) is 18.9. The molecule has 1 heterocycles. The number of hydrogen-bond acceptors (Lipinski definition) is 12. The van der Waals surface area contributed by atoms with Gasteiger partial charge in [-0.2, -0.15) is 0 Å². The molecule has 4 aromatic rings. The number of anilines is 1. The van der Waals surface area contributed by atoms with E-state index in [4.69, 9.17) is 29.2 Å². The third kappa shape index (κ3) is 14.1. The Morgan fingerprint density at radius 1 is 0.828 bits per heavy atom. The molecule has 0 bridgehead atoms. The van der Waals surface area contributed by atoms with Gasteiger partial charge >= 0.3 is 5.97 Å². The van der Waals surface area contributed by atoms with E-state index in [2.05, 4.69) is 36.3 Å². The Kier molecular flexibility index (Phi) is 17.6.